The van der Waals surface area contributed by atoms with Crippen LogP contribution < -0.4 is 10.1 Å². The maximum atomic E-state index is 13.2. The number of halogens is 1. The van der Waals surface area contributed by atoms with Crippen LogP contribution in [0.5, 0.6) is 5.75 Å². The van der Waals surface area contributed by atoms with Gasteiger partial charge in [0.15, 0.2) is 6.61 Å². The van der Waals surface area contributed by atoms with Crippen molar-refractivity contribution < 1.29 is 19.0 Å². The van der Waals surface area contributed by atoms with E-state index in [0.29, 0.717) is 5.56 Å². The number of hydrogen-bond acceptors (Lipinski definition) is 3. The maximum absolute atomic E-state index is 13.2. The Morgan fingerprint density at radius 3 is 2.81 bits per heavy atom. The Balaban J connectivity index is 1.89. The molecule has 0 radical (unpaired) electrons. The van der Waals surface area contributed by atoms with E-state index in [1.165, 1.54) is 24.6 Å². The number of carbonyl (C=O) groups is 1. The molecule has 21 heavy (non-hydrogen) atoms. The summed E-state index contributed by atoms with van der Waals surface area (Å²) in [5.41, 5.74) is 0.474. The second kappa shape index (κ2) is 7.41. The van der Waals surface area contributed by atoms with E-state index in [2.05, 4.69) is 5.32 Å². The van der Waals surface area contributed by atoms with Crippen molar-refractivity contribution in [3.63, 3.8) is 0 Å². The summed E-state index contributed by atoms with van der Waals surface area (Å²) in [4.78, 5) is 11.9. The molecule has 0 aromatic heterocycles. The summed E-state index contributed by atoms with van der Waals surface area (Å²) < 4.78 is 18.6. The van der Waals surface area contributed by atoms with Gasteiger partial charge in [0.25, 0.3) is 5.91 Å². The first kappa shape index (κ1) is 15.8. The standard InChI is InChI=1S/C16H22FNO3/c1-11(19)14-8-7-12(17)9-15(14)21-10-16(20)18-13-5-3-2-4-6-13/h7-9,11,13,19H,2-6,10H2,1H3,(H,18,20)/t11-/m1/s1. The van der Waals surface area contributed by atoms with Crippen molar-refractivity contribution >= 4 is 5.91 Å². The van der Waals surface area contributed by atoms with Crippen molar-refractivity contribution in [2.75, 3.05) is 6.61 Å². The van der Waals surface area contributed by atoms with Gasteiger partial charge in [0, 0.05) is 17.7 Å². The molecule has 116 valence electrons. The third-order valence-corrected chi connectivity index (χ3v) is 3.75. The van der Waals surface area contributed by atoms with Gasteiger partial charge in [-0.05, 0) is 31.9 Å². The average molecular weight is 295 g/mol. The lowest BCUT2D eigenvalue weighted by Gasteiger charge is -2.23. The van der Waals surface area contributed by atoms with Gasteiger partial charge in [0.05, 0.1) is 6.10 Å². The second-order valence-electron chi connectivity index (χ2n) is 5.55. The fourth-order valence-corrected chi connectivity index (χ4v) is 2.64. The van der Waals surface area contributed by atoms with Crippen LogP contribution in [0.15, 0.2) is 18.2 Å². The molecule has 0 saturated heterocycles. The SMILES string of the molecule is C[C@@H](O)c1ccc(F)cc1OCC(=O)NC1CCCCC1. The molecule has 1 atom stereocenters. The molecule has 1 aliphatic rings. The number of amides is 1. The zero-order valence-corrected chi connectivity index (χ0v) is 12.3. The predicted octanol–water partition coefficient (Wildman–Crippen LogP) is 2.71. The Kier molecular flexibility index (Phi) is 5.56. The Morgan fingerprint density at radius 2 is 2.14 bits per heavy atom. The van der Waals surface area contributed by atoms with Crippen molar-refractivity contribution in [2.45, 2.75) is 51.2 Å². The number of rotatable bonds is 5. The van der Waals surface area contributed by atoms with Crippen molar-refractivity contribution in [2.24, 2.45) is 0 Å². The number of ether oxygens (including phenoxy) is 1. The fraction of sp³-hybridized carbons (Fsp3) is 0.562. The van der Waals surface area contributed by atoms with E-state index < -0.39 is 11.9 Å². The number of carbonyl (C=O) groups excluding carboxylic acids is 1. The van der Waals surface area contributed by atoms with Crippen LogP contribution in [0.3, 0.4) is 0 Å². The highest BCUT2D eigenvalue weighted by molar-refractivity contribution is 5.77. The number of aliphatic hydroxyl groups excluding tert-OH is 1. The van der Waals surface area contributed by atoms with Gasteiger partial charge in [0.1, 0.15) is 11.6 Å². The van der Waals surface area contributed by atoms with Crippen LogP contribution in [0.1, 0.15) is 50.7 Å². The van der Waals surface area contributed by atoms with Gasteiger partial charge in [-0.3, -0.25) is 4.79 Å². The zero-order chi connectivity index (χ0) is 15.2. The van der Waals surface area contributed by atoms with Gasteiger partial charge in [0.2, 0.25) is 0 Å². The molecule has 0 unspecified atom stereocenters. The van der Waals surface area contributed by atoms with Crippen molar-refractivity contribution in [3.8, 4) is 5.75 Å². The Morgan fingerprint density at radius 1 is 1.43 bits per heavy atom. The normalized spacial score (nSPS) is 17.3. The molecule has 1 saturated carbocycles. The molecule has 1 amide bonds. The predicted molar refractivity (Wildman–Crippen MR) is 77.5 cm³/mol. The molecule has 0 spiro atoms. The van der Waals surface area contributed by atoms with Gasteiger partial charge in [-0.2, -0.15) is 0 Å². The van der Waals surface area contributed by atoms with Crippen LogP contribution in [0.2, 0.25) is 0 Å². The van der Waals surface area contributed by atoms with E-state index in [1.54, 1.807) is 6.92 Å². The molecule has 1 fully saturated rings. The molecule has 0 aliphatic heterocycles. The minimum absolute atomic E-state index is 0.167. The molecule has 0 heterocycles. The third kappa shape index (κ3) is 4.70. The van der Waals surface area contributed by atoms with Gasteiger partial charge in [-0.25, -0.2) is 4.39 Å². The van der Waals surface area contributed by atoms with Crippen molar-refractivity contribution in [1.82, 2.24) is 5.32 Å². The van der Waals surface area contributed by atoms with Crippen LogP contribution in [-0.2, 0) is 4.79 Å². The summed E-state index contributed by atoms with van der Waals surface area (Å²) in [5.74, 6) is -0.450. The summed E-state index contributed by atoms with van der Waals surface area (Å²) >= 11 is 0. The minimum atomic E-state index is -0.776. The van der Waals surface area contributed by atoms with Crippen LogP contribution in [0.25, 0.3) is 0 Å². The Labute approximate surface area is 124 Å². The van der Waals surface area contributed by atoms with E-state index in [9.17, 15) is 14.3 Å². The van der Waals surface area contributed by atoms with Crippen molar-refractivity contribution in [3.05, 3.63) is 29.6 Å². The Bertz CT molecular complexity index is 484. The molecule has 4 nitrogen and oxygen atoms in total. The lowest BCUT2D eigenvalue weighted by Crippen LogP contribution is -2.39. The van der Waals surface area contributed by atoms with Crippen LogP contribution in [-0.4, -0.2) is 23.7 Å². The highest BCUT2D eigenvalue weighted by atomic mass is 19.1. The fourth-order valence-electron chi connectivity index (χ4n) is 2.64. The molecule has 1 aromatic carbocycles. The lowest BCUT2D eigenvalue weighted by atomic mass is 9.95. The molecule has 1 aromatic rings. The molecule has 2 N–H and O–H groups in total. The molecule has 2 rings (SSSR count). The van der Waals surface area contributed by atoms with Crippen molar-refractivity contribution in [1.29, 1.82) is 0 Å². The van der Waals surface area contributed by atoms with E-state index in [-0.39, 0.29) is 24.3 Å². The first-order valence-corrected chi connectivity index (χ1v) is 7.46. The molecular formula is C16H22FNO3. The van der Waals surface area contributed by atoms with Crippen LogP contribution >= 0.6 is 0 Å². The number of hydrogen-bond donors (Lipinski definition) is 2. The summed E-state index contributed by atoms with van der Waals surface area (Å²) in [6.07, 6.45) is 4.74. The first-order valence-electron chi connectivity index (χ1n) is 7.46. The number of benzene rings is 1. The quantitative estimate of drug-likeness (QED) is 0.878. The Hall–Kier alpha value is -1.62. The van der Waals surface area contributed by atoms with E-state index in [0.717, 1.165) is 25.7 Å². The van der Waals surface area contributed by atoms with E-state index >= 15 is 0 Å². The summed E-state index contributed by atoms with van der Waals surface area (Å²) in [7, 11) is 0. The number of aliphatic hydroxyl groups is 1. The monoisotopic (exact) mass is 295 g/mol. The zero-order valence-electron chi connectivity index (χ0n) is 12.3. The average Bonchev–Trinajstić information content (AvgIpc) is 2.46. The largest absolute Gasteiger partial charge is 0.483 e. The third-order valence-electron chi connectivity index (χ3n) is 3.75. The van der Waals surface area contributed by atoms with E-state index in [1.807, 2.05) is 0 Å². The maximum Gasteiger partial charge on any atom is 0.258 e. The molecular weight excluding hydrogens is 273 g/mol. The minimum Gasteiger partial charge on any atom is -0.483 e. The molecule has 1 aliphatic carbocycles. The summed E-state index contributed by atoms with van der Waals surface area (Å²) in [6.45, 7) is 1.40. The summed E-state index contributed by atoms with van der Waals surface area (Å²) in [6, 6.07) is 4.14. The lowest BCUT2D eigenvalue weighted by molar-refractivity contribution is -0.124. The number of nitrogens with one attached hydrogen (secondary N) is 1. The van der Waals surface area contributed by atoms with Crippen LogP contribution in [0.4, 0.5) is 4.39 Å². The molecule has 0 bridgehead atoms. The summed E-state index contributed by atoms with van der Waals surface area (Å²) in [5, 5.41) is 12.6. The highest BCUT2D eigenvalue weighted by Gasteiger charge is 2.17. The van der Waals surface area contributed by atoms with E-state index in [4.69, 9.17) is 4.74 Å². The van der Waals surface area contributed by atoms with Gasteiger partial charge in [-0.1, -0.05) is 19.3 Å². The van der Waals surface area contributed by atoms with Gasteiger partial charge >= 0.3 is 0 Å². The van der Waals surface area contributed by atoms with Gasteiger partial charge in [-0.15, -0.1) is 0 Å². The van der Waals surface area contributed by atoms with Crippen LogP contribution in [0, 0.1) is 5.82 Å². The smallest absolute Gasteiger partial charge is 0.258 e. The first-order chi connectivity index (χ1) is 10.1. The topological polar surface area (TPSA) is 58.6 Å². The van der Waals surface area contributed by atoms with Gasteiger partial charge < -0.3 is 15.2 Å². The molecule has 5 heteroatoms. The highest BCUT2D eigenvalue weighted by Crippen LogP contribution is 2.26. The second-order valence-corrected chi connectivity index (χ2v) is 5.55.